The molecule has 0 spiro atoms. The van der Waals surface area contributed by atoms with Gasteiger partial charge in [0.15, 0.2) is 11.7 Å². The van der Waals surface area contributed by atoms with E-state index >= 15 is 0 Å². The van der Waals surface area contributed by atoms with Crippen LogP contribution in [0.15, 0.2) is 29.3 Å². The van der Waals surface area contributed by atoms with Crippen molar-refractivity contribution >= 4 is 47.3 Å². The highest BCUT2D eigenvalue weighted by Gasteiger charge is 2.34. The molecule has 0 saturated carbocycles. The molecule has 7 atom stereocenters. The molecule has 22 heteroatoms. The number of Topliss-reactive ketones (excluding diaryl/α,β-unsaturated/α-hetero) is 1. The summed E-state index contributed by atoms with van der Waals surface area (Å²) in [6.07, 6.45) is 3.60. The molecule has 380 valence electrons. The molecule has 22 nitrogen and oxygen atoms in total. The van der Waals surface area contributed by atoms with Gasteiger partial charge in [0.25, 0.3) is 0 Å². The standard InChI is InChI=1S/C46H75N11O11/c47-46(48)49-15-4-10-36-44(67)50-29-40(61)51-38(28-41(62)63)39(60)27-33(26-32-11-13-34(58)14-12-32)43(66)52-37(45(68)53-36)9-3-1-2-8-35(59)30-56-20-6-18-55-17-5-16-54(22-24-56)19-7-21-57(25-23-55)31-42(64)65/h11-14,33,35-38,58-59H,1-10,15-31H2,(H,50,67)(H,51,61)(H,52,66)(H,53,68)(H,62,63)(H,64,65)(H4,47,48,49)/t33-,35?,36-,37-,38-/m0/s1. The summed E-state index contributed by atoms with van der Waals surface area (Å²) in [6.45, 7) is 8.46. The summed E-state index contributed by atoms with van der Waals surface area (Å²) in [6, 6.07) is 2.12. The molecular formula is C46H75N11O11. The van der Waals surface area contributed by atoms with E-state index in [0.717, 1.165) is 78.2 Å². The number of unbranched alkanes of at least 4 members (excludes halogenated alkanes) is 2. The fraction of sp³-hybridized carbons (Fsp3) is 0.696. The number of aliphatic imine (C=N–C) groups is 1. The third kappa shape index (κ3) is 21.3. The van der Waals surface area contributed by atoms with Gasteiger partial charge in [0.1, 0.15) is 17.8 Å². The number of aliphatic carboxylic acids is 2. The molecule has 0 aliphatic carbocycles. The van der Waals surface area contributed by atoms with Gasteiger partial charge in [-0.15, -0.1) is 0 Å². The van der Waals surface area contributed by atoms with Crippen molar-refractivity contribution in [1.29, 1.82) is 0 Å². The van der Waals surface area contributed by atoms with Crippen molar-refractivity contribution in [3.8, 4) is 5.75 Å². The lowest BCUT2D eigenvalue weighted by molar-refractivity contribution is -0.141. The minimum atomic E-state index is -1.52. The molecule has 0 radical (unpaired) electrons. The smallest absolute Gasteiger partial charge is 0.317 e. The molecule has 2 bridgehead atoms. The van der Waals surface area contributed by atoms with E-state index in [0.29, 0.717) is 44.3 Å². The average Bonchev–Trinajstić information content (AvgIpc) is 3.35. The summed E-state index contributed by atoms with van der Waals surface area (Å²) in [4.78, 5) is 105. The minimum Gasteiger partial charge on any atom is -0.508 e. The molecule has 12 N–H and O–H groups in total. The Morgan fingerprint density at radius 1 is 0.691 bits per heavy atom. The van der Waals surface area contributed by atoms with Crippen LogP contribution in [-0.4, -0.2) is 203 Å². The number of ketones is 1. The van der Waals surface area contributed by atoms with Crippen molar-refractivity contribution in [2.75, 3.05) is 91.6 Å². The monoisotopic (exact) mass is 958 g/mol. The van der Waals surface area contributed by atoms with Crippen molar-refractivity contribution in [1.82, 2.24) is 40.9 Å². The highest BCUT2D eigenvalue weighted by Crippen LogP contribution is 2.20. The van der Waals surface area contributed by atoms with E-state index < -0.39 is 90.9 Å². The summed E-state index contributed by atoms with van der Waals surface area (Å²) < 4.78 is 0. The molecule has 1 aromatic carbocycles. The normalized spacial score (nSPS) is 25.2. The highest BCUT2D eigenvalue weighted by molar-refractivity contribution is 5.98. The van der Waals surface area contributed by atoms with E-state index in [-0.39, 0.29) is 50.5 Å². The number of amides is 4. The van der Waals surface area contributed by atoms with Crippen molar-refractivity contribution in [3.63, 3.8) is 0 Å². The zero-order valence-electron chi connectivity index (χ0n) is 39.3. The van der Waals surface area contributed by atoms with Crippen LogP contribution < -0.4 is 32.7 Å². The van der Waals surface area contributed by atoms with E-state index in [4.69, 9.17) is 11.5 Å². The first-order chi connectivity index (χ1) is 32.5. The molecule has 1 aromatic rings. The second-order valence-corrected chi connectivity index (χ2v) is 18.3. The lowest BCUT2D eigenvalue weighted by Gasteiger charge is -2.30. The predicted octanol–water partition coefficient (Wildman–Crippen LogP) is -1.58. The first-order valence-corrected chi connectivity index (χ1v) is 24.1. The van der Waals surface area contributed by atoms with Crippen LogP contribution in [0.4, 0.5) is 0 Å². The van der Waals surface area contributed by atoms with Crippen LogP contribution in [0.25, 0.3) is 0 Å². The Hall–Kier alpha value is -5.42. The number of aliphatic hydroxyl groups excluding tert-OH is 1. The Balaban J connectivity index is 1.44. The Kier molecular flexibility index (Phi) is 23.9. The molecule has 4 rings (SSSR count). The lowest BCUT2D eigenvalue weighted by Crippen LogP contribution is -2.55. The number of phenolic OH excluding ortho intramolecular Hbond substituents is 1. The van der Waals surface area contributed by atoms with Crippen LogP contribution in [0.3, 0.4) is 0 Å². The zero-order chi connectivity index (χ0) is 49.4. The summed E-state index contributed by atoms with van der Waals surface area (Å²) in [5.41, 5.74) is 11.5. The number of β-amino-alcohol motifs (C(OH)–C–C–N with tert-alkyl or cyclic N) is 1. The molecule has 3 saturated heterocycles. The van der Waals surface area contributed by atoms with E-state index in [1.807, 2.05) is 4.90 Å². The van der Waals surface area contributed by atoms with Gasteiger partial charge in [0.05, 0.1) is 31.7 Å². The third-order valence-corrected chi connectivity index (χ3v) is 12.6. The first-order valence-electron chi connectivity index (χ1n) is 24.1. The maximum Gasteiger partial charge on any atom is 0.317 e. The van der Waals surface area contributed by atoms with Gasteiger partial charge >= 0.3 is 11.9 Å². The van der Waals surface area contributed by atoms with Gasteiger partial charge in [-0.1, -0.05) is 31.4 Å². The fourth-order valence-electron chi connectivity index (χ4n) is 8.96. The van der Waals surface area contributed by atoms with Crippen LogP contribution in [0, 0.1) is 5.92 Å². The Morgan fingerprint density at radius 3 is 1.94 bits per heavy atom. The van der Waals surface area contributed by atoms with Gasteiger partial charge in [-0.2, -0.15) is 0 Å². The topological polar surface area (TPSA) is 326 Å². The molecule has 3 fully saturated rings. The second-order valence-electron chi connectivity index (χ2n) is 18.3. The Labute approximate surface area is 398 Å². The minimum absolute atomic E-state index is 0.0195. The van der Waals surface area contributed by atoms with Crippen LogP contribution in [0.5, 0.6) is 5.75 Å². The van der Waals surface area contributed by atoms with Crippen molar-refractivity contribution in [2.45, 2.75) is 108 Å². The zero-order valence-corrected chi connectivity index (χ0v) is 39.3. The molecular weight excluding hydrogens is 883 g/mol. The number of aliphatic hydroxyl groups is 1. The summed E-state index contributed by atoms with van der Waals surface area (Å²) >= 11 is 0. The number of nitrogens with one attached hydrogen (secondary N) is 4. The van der Waals surface area contributed by atoms with Gasteiger partial charge in [-0.05, 0) is 102 Å². The number of guanidine groups is 1. The number of phenols is 1. The maximum absolute atomic E-state index is 14.2. The largest absolute Gasteiger partial charge is 0.508 e. The van der Waals surface area contributed by atoms with Gasteiger partial charge in [-0.25, -0.2) is 0 Å². The maximum atomic E-state index is 14.2. The second kappa shape index (κ2) is 29.5. The van der Waals surface area contributed by atoms with Crippen molar-refractivity contribution in [2.24, 2.45) is 22.4 Å². The number of carbonyl (C=O) groups excluding carboxylic acids is 5. The van der Waals surface area contributed by atoms with E-state index in [1.165, 1.54) is 12.1 Å². The number of fused-ring (bicyclic) bond motifs is 4. The number of hydrogen-bond donors (Lipinski definition) is 10. The van der Waals surface area contributed by atoms with Gasteiger partial charge < -0.3 is 63.0 Å². The SMILES string of the molecule is NC(N)=NCCC[C@@H]1NC(=O)[C@H](CCCCCC(O)CN2CCCN3CCCN(CCCN(CC(=O)O)CC3)CC2)NC(=O)[C@@H](Cc2ccc(O)cc2)CC(=O)[C@H](CC(=O)O)NC(=O)CNC1=O. The first kappa shape index (κ1) is 55.2. The number of benzene rings is 1. The molecule has 3 heterocycles. The molecule has 3 unspecified atom stereocenters. The Morgan fingerprint density at radius 2 is 1.29 bits per heavy atom. The van der Waals surface area contributed by atoms with E-state index in [2.05, 4.69) is 41.0 Å². The molecule has 0 aromatic heterocycles. The summed E-state index contributed by atoms with van der Waals surface area (Å²) in [5.74, 6) is -7.15. The highest BCUT2D eigenvalue weighted by atomic mass is 16.4. The van der Waals surface area contributed by atoms with Gasteiger partial charge in [0, 0.05) is 58.2 Å². The average molecular weight is 958 g/mol. The van der Waals surface area contributed by atoms with Crippen LogP contribution in [0.1, 0.15) is 82.6 Å². The lowest BCUT2D eigenvalue weighted by atomic mass is 9.90. The van der Waals surface area contributed by atoms with Crippen LogP contribution in [-0.2, 0) is 40.0 Å². The van der Waals surface area contributed by atoms with E-state index in [1.54, 1.807) is 12.1 Å². The Bertz CT molecular complexity index is 1830. The van der Waals surface area contributed by atoms with Crippen LogP contribution >= 0.6 is 0 Å². The van der Waals surface area contributed by atoms with E-state index in [9.17, 15) is 54.0 Å². The van der Waals surface area contributed by atoms with Crippen molar-refractivity contribution in [3.05, 3.63) is 29.8 Å². The number of carboxylic acid groups (broad SMARTS) is 2. The summed E-state index contributed by atoms with van der Waals surface area (Å²) in [5, 5.41) is 50.5. The number of nitrogens with two attached hydrogens (primary N) is 2. The van der Waals surface area contributed by atoms with Crippen molar-refractivity contribution < 1.29 is 54.0 Å². The fourth-order valence-corrected chi connectivity index (χ4v) is 8.96. The number of aromatic hydroxyl groups is 1. The number of hydrogen-bond acceptors (Lipinski definition) is 14. The summed E-state index contributed by atoms with van der Waals surface area (Å²) in [7, 11) is 0. The predicted molar refractivity (Wildman–Crippen MR) is 252 cm³/mol. The van der Waals surface area contributed by atoms with Crippen LogP contribution in [0.2, 0.25) is 0 Å². The number of carboxylic acids is 2. The quantitative estimate of drug-likeness (QED) is 0.0451. The van der Waals surface area contributed by atoms with Gasteiger partial charge in [0.2, 0.25) is 23.6 Å². The molecule has 4 amide bonds. The molecule has 3 aliphatic rings. The third-order valence-electron chi connectivity index (χ3n) is 12.6. The molecule has 3 aliphatic heterocycles. The number of nitrogens with zero attached hydrogens (tertiary/aromatic N) is 5. The van der Waals surface area contributed by atoms with Gasteiger partial charge in [-0.3, -0.25) is 48.4 Å². The molecule has 68 heavy (non-hydrogen) atoms. The number of carbonyl (C=O) groups is 7. The number of rotatable bonds is 18.